The van der Waals surface area contributed by atoms with Gasteiger partial charge in [-0.15, -0.1) is 23.4 Å². The number of carbonyl (C=O) groups excluding carboxylic acids is 1. The number of nitrogen functional groups attached to an aromatic ring is 1. The smallest absolute Gasteiger partial charge is 0.406 e. The molecule has 0 aliphatic heterocycles. The van der Waals surface area contributed by atoms with Crippen molar-refractivity contribution in [1.29, 1.82) is 0 Å². The Hall–Kier alpha value is -3.08. The van der Waals surface area contributed by atoms with Crippen LogP contribution in [0.5, 0.6) is 5.75 Å². The van der Waals surface area contributed by atoms with Gasteiger partial charge in [0.25, 0.3) is 0 Å². The van der Waals surface area contributed by atoms with E-state index in [1.54, 1.807) is 0 Å². The molecule has 0 aliphatic carbocycles. The zero-order valence-corrected chi connectivity index (χ0v) is 16.8. The molecule has 0 saturated heterocycles. The van der Waals surface area contributed by atoms with Gasteiger partial charge in [-0.05, 0) is 49.0 Å². The first kappa shape index (κ1) is 17.6. The number of nitrogens with zero attached hydrogens (tertiary/aromatic N) is 4. The number of carbonyl (C=O) groups is 1. The van der Waals surface area contributed by atoms with Crippen molar-refractivity contribution >= 4 is 22.3 Å². The molecule has 0 amide bonds. The monoisotopic (exact) mass is 455 g/mol. The van der Waals surface area contributed by atoms with E-state index in [4.69, 9.17) is 11.2 Å². The third kappa shape index (κ3) is 7.93. The van der Waals surface area contributed by atoms with E-state index in [1.165, 1.54) is 24.3 Å². The highest BCUT2D eigenvalue weighted by atomic mass is 32.1. The number of halogens is 3. The Bertz CT molecular complexity index is 1180. The lowest BCUT2D eigenvalue weighted by atomic mass is 10.1. The summed E-state index contributed by atoms with van der Waals surface area (Å²) in [4.78, 5) is 12.4. The number of aromatic nitrogens is 4. The predicted molar refractivity (Wildman–Crippen MR) is 109 cm³/mol. The lowest BCUT2D eigenvalue weighted by molar-refractivity contribution is -0.274. The number of anilines is 1. The van der Waals surface area contributed by atoms with E-state index in [2.05, 4.69) is 25.1 Å². The van der Waals surface area contributed by atoms with Crippen LogP contribution in [0.2, 0.25) is 0 Å². The second-order valence-corrected chi connectivity index (χ2v) is 7.43. The van der Waals surface area contributed by atoms with Crippen molar-refractivity contribution in [3.05, 3.63) is 58.4 Å². The summed E-state index contributed by atoms with van der Waals surface area (Å²) in [7, 11) is 0. The maximum atomic E-state index is 12.4. The van der Waals surface area contributed by atoms with Crippen molar-refractivity contribution in [3.8, 4) is 5.75 Å². The average Bonchev–Trinajstić information content (AvgIpc) is 3.17. The number of hydrogen-bond donors (Lipinski definition) is 1. The van der Waals surface area contributed by atoms with Crippen molar-refractivity contribution in [2.24, 2.45) is 0 Å². The first-order valence-electron chi connectivity index (χ1n) is 11.0. The summed E-state index contributed by atoms with van der Waals surface area (Å²) in [5, 5.41) is 15.8. The van der Waals surface area contributed by atoms with Crippen molar-refractivity contribution in [1.82, 2.24) is 20.4 Å². The zero-order chi connectivity index (χ0) is 25.9. The molecule has 31 heavy (non-hydrogen) atoms. The SMILES string of the molecule is [2H]C([2H])(CCc1nnc(N)s1)C([2H])([2H])c1ccc(CC(=O)Cc2cccc(OC(F)(F)F)c2)nn1. The number of Topliss-reactive ketones (excluding diaryl/α,β-unsaturated/α-hetero) is 1. The molecule has 2 N–H and O–H groups in total. The van der Waals surface area contributed by atoms with E-state index in [0.29, 0.717) is 10.6 Å². The second kappa shape index (κ2) is 10.3. The highest BCUT2D eigenvalue weighted by molar-refractivity contribution is 7.15. The number of nitrogens with two attached hydrogens (primary N) is 1. The maximum Gasteiger partial charge on any atom is 0.573 e. The van der Waals surface area contributed by atoms with E-state index in [0.717, 1.165) is 23.5 Å². The molecule has 0 aliphatic rings. The van der Waals surface area contributed by atoms with Crippen LogP contribution in [0.1, 0.15) is 40.2 Å². The Kier molecular flexibility index (Phi) is 5.84. The molecule has 0 atom stereocenters. The average molecular weight is 455 g/mol. The van der Waals surface area contributed by atoms with Crippen LogP contribution in [-0.2, 0) is 30.4 Å². The first-order valence-corrected chi connectivity index (χ1v) is 9.84. The fourth-order valence-corrected chi connectivity index (χ4v) is 3.16. The summed E-state index contributed by atoms with van der Waals surface area (Å²) in [6.07, 6.45) is -10.1. The lowest BCUT2D eigenvalue weighted by Gasteiger charge is -2.09. The highest BCUT2D eigenvalue weighted by Gasteiger charge is 2.31. The standard InChI is InChI=1S/C20H20F3N5O2S/c21-20(22,23)30-17-6-3-4-13(11-17)10-16(29)12-15-9-8-14(25-26-15)5-1-2-7-18-27-28-19(24)31-18/h3-4,6,8-9,11H,1-2,5,7,10,12H2,(H2,24,28)/i1D2,5D2. The number of benzene rings is 1. The summed E-state index contributed by atoms with van der Waals surface area (Å²) in [5.74, 6) is -0.788. The summed E-state index contributed by atoms with van der Waals surface area (Å²) < 4.78 is 73.9. The summed E-state index contributed by atoms with van der Waals surface area (Å²) in [6, 6.07) is 7.70. The number of aryl methyl sites for hydroxylation is 2. The number of rotatable bonds is 10. The molecule has 0 bridgehead atoms. The van der Waals surface area contributed by atoms with Gasteiger partial charge >= 0.3 is 6.36 Å². The predicted octanol–water partition coefficient (Wildman–Crippen LogP) is 3.73. The number of hydrogen-bond acceptors (Lipinski definition) is 8. The molecular formula is C20H20F3N5O2S. The fraction of sp³-hybridized carbons (Fsp3) is 0.350. The van der Waals surface area contributed by atoms with Crippen LogP contribution in [0, 0.1) is 0 Å². The Labute approximate surface area is 186 Å². The van der Waals surface area contributed by atoms with Gasteiger partial charge < -0.3 is 10.5 Å². The van der Waals surface area contributed by atoms with Gasteiger partial charge in [0.2, 0.25) is 5.13 Å². The van der Waals surface area contributed by atoms with Crippen LogP contribution >= 0.6 is 11.3 Å². The van der Waals surface area contributed by atoms with Gasteiger partial charge in [-0.3, -0.25) is 4.79 Å². The minimum Gasteiger partial charge on any atom is -0.406 e. The highest BCUT2D eigenvalue weighted by Crippen LogP contribution is 2.23. The third-order valence-corrected chi connectivity index (χ3v) is 4.61. The first-order chi connectivity index (χ1) is 16.2. The van der Waals surface area contributed by atoms with Gasteiger partial charge in [0.1, 0.15) is 16.5 Å². The fourth-order valence-electron chi connectivity index (χ4n) is 2.56. The molecule has 0 spiro atoms. The van der Waals surface area contributed by atoms with E-state index in [-0.39, 0.29) is 48.0 Å². The Morgan fingerprint density at radius 3 is 2.55 bits per heavy atom. The molecule has 2 heterocycles. The molecule has 0 saturated carbocycles. The van der Waals surface area contributed by atoms with Gasteiger partial charge in [-0.25, -0.2) is 0 Å². The number of ketones is 1. The van der Waals surface area contributed by atoms with Gasteiger partial charge in [0, 0.05) is 18.3 Å². The largest absolute Gasteiger partial charge is 0.573 e. The topological polar surface area (TPSA) is 104 Å². The van der Waals surface area contributed by atoms with Gasteiger partial charge in [0.15, 0.2) is 0 Å². The van der Waals surface area contributed by atoms with Crippen molar-refractivity contribution in [2.75, 3.05) is 5.73 Å². The second-order valence-electron chi connectivity index (χ2n) is 6.33. The van der Waals surface area contributed by atoms with Gasteiger partial charge in [-0.2, -0.15) is 10.2 Å². The zero-order valence-electron chi connectivity index (χ0n) is 20.0. The molecular weight excluding hydrogens is 431 g/mol. The molecule has 0 radical (unpaired) electrons. The normalized spacial score (nSPS) is 14.3. The van der Waals surface area contributed by atoms with Crippen LogP contribution < -0.4 is 10.5 Å². The van der Waals surface area contributed by atoms with Crippen LogP contribution in [-0.4, -0.2) is 32.5 Å². The summed E-state index contributed by atoms with van der Waals surface area (Å²) in [5.41, 5.74) is 5.79. The Morgan fingerprint density at radius 2 is 1.87 bits per heavy atom. The molecule has 11 heteroatoms. The molecule has 3 aromatic rings. The number of alkyl halides is 3. The Morgan fingerprint density at radius 1 is 1.10 bits per heavy atom. The molecule has 7 nitrogen and oxygen atoms in total. The van der Waals surface area contributed by atoms with Gasteiger partial charge in [0.05, 0.1) is 17.8 Å². The summed E-state index contributed by atoms with van der Waals surface area (Å²) >= 11 is 1.10. The van der Waals surface area contributed by atoms with Gasteiger partial charge in [-0.1, -0.05) is 23.5 Å². The van der Waals surface area contributed by atoms with Crippen LogP contribution in [0.25, 0.3) is 0 Å². The molecule has 164 valence electrons. The van der Waals surface area contributed by atoms with Crippen molar-refractivity contribution < 1.29 is 28.2 Å². The van der Waals surface area contributed by atoms with Crippen LogP contribution in [0.15, 0.2) is 36.4 Å². The molecule has 0 unspecified atom stereocenters. The maximum absolute atomic E-state index is 12.4. The quantitative estimate of drug-likeness (QED) is 0.497. The van der Waals surface area contributed by atoms with E-state index < -0.39 is 24.9 Å². The van der Waals surface area contributed by atoms with Crippen LogP contribution in [0.4, 0.5) is 18.3 Å². The minimum atomic E-state index is -4.84. The third-order valence-electron chi connectivity index (χ3n) is 3.79. The van der Waals surface area contributed by atoms with Crippen LogP contribution in [0.3, 0.4) is 0 Å². The molecule has 3 rings (SSSR count). The molecule has 0 fully saturated rings. The number of ether oxygens (including phenoxy) is 1. The van der Waals surface area contributed by atoms with E-state index >= 15 is 0 Å². The minimum absolute atomic E-state index is 0.136. The summed E-state index contributed by atoms with van der Waals surface area (Å²) in [6.45, 7) is 0. The Balaban J connectivity index is 1.61. The van der Waals surface area contributed by atoms with E-state index in [1.807, 2.05) is 0 Å². The lowest BCUT2D eigenvalue weighted by Crippen LogP contribution is -2.17. The molecule has 2 aromatic heterocycles. The van der Waals surface area contributed by atoms with Crippen molar-refractivity contribution in [2.45, 2.75) is 44.8 Å². The molecule has 1 aromatic carbocycles. The van der Waals surface area contributed by atoms with Crippen molar-refractivity contribution in [3.63, 3.8) is 0 Å². The van der Waals surface area contributed by atoms with E-state index in [9.17, 15) is 18.0 Å².